The van der Waals surface area contributed by atoms with Crippen molar-refractivity contribution in [3.05, 3.63) is 0 Å². The molecule has 3 heteroatoms. The molecule has 0 bridgehead atoms. The Bertz CT molecular complexity index is 144. The van der Waals surface area contributed by atoms with Gasteiger partial charge in [-0.1, -0.05) is 13.8 Å². The van der Waals surface area contributed by atoms with Gasteiger partial charge in [0.1, 0.15) is 0 Å². The van der Waals surface area contributed by atoms with E-state index in [1.807, 2.05) is 6.92 Å². The highest BCUT2D eigenvalue weighted by molar-refractivity contribution is 5.40. The SMILES string of the molecule is CCN=C=NCCN(CC)CC. The van der Waals surface area contributed by atoms with Crippen molar-refractivity contribution < 1.29 is 0 Å². The van der Waals surface area contributed by atoms with Gasteiger partial charge in [0, 0.05) is 13.1 Å². The lowest BCUT2D eigenvalue weighted by Gasteiger charge is -2.15. The molecule has 0 aromatic heterocycles. The van der Waals surface area contributed by atoms with Crippen LogP contribution in [-0.2, 0) is 0 Å². The van der Waals surface area contributed by atoms with Crippen LogP contribution in [0, 0.1) is 0 Å². The second kappa shape index (κ2) is 8.44. The molecule has 0 fully saturated rings. The summed E-state index contributed by atoms with van der Waals surface area (Å²) < 4.78 is 0. The van der Waals surface area contributed by atoms with Crippen molar-refractivity contribution in [2.24, 2.45) is 9.98 Å². The zero-order chi connectivity index (χ0) is 9.23. The molecule has 0 aliphatic heterocycles. The fraction of sp³-hybridized carbons (Fsp3) is 0.889. The van der Waals surface area contributed by atoms with Gasteiger partial charge in [-0.3, -0.25) is 0 Å². The summed E-state index contributed by atoms with van der Waals surface area (Å²) in [6.45, 7) is 11.1. The minimum absolute atomic E-state index is 0.773. The lowest BCUT2D eigenvalue weighted by Crippen LogP contribution is -2.25. The molecule has 0 heterocycles. The highest BCUT2D eigenvalue weighted by Crippen LogP contribution is 1.85. The third-order valence-electron chi connectivity index (χ3n) is 1.72. The van der Waals surface area contributed by atoms with E-state index in [0.717, 1.165) is 32.7 Å². The molecule has 3 nitrogen and oxygen atoms in total. The Kier molecular flexibility index (Phi) is 7.97. The Morgan fingerprint density at radius 1 is 1.08 bits per heavy atom. The minimum Gasteiger partial charge on any atom is -0.302 e. The van der Waals surface area contributed by atoms with Crippen LogP contribution in [0.15, 0.2) is 9.98 Å². The molecule has 0 saturated carbocycles. The molecule has 0 amide bonds. The van der Waals surface area contributed by atoms with Gasteiger partial charge in [-0.2, -0.15) is 0 Å². The molecule has 0 aliphatic carbocycles. The molecule has 0 radical (unpaired) electrons. The molecule has 0 unspecified atom stereocenters. The summed E-state index contributed by atoms with van der Waals surface area (Å²) in [6, 6.07) is 2.66. The van der Waals surface area contributed by atoms with E-state index in [-0.39, 0.29) is 0 Å². The predicted molar refractivity (Wildman–Crippen MR) is 53.1 cm³/mol. The fourth-order valence-electron chi connectivity index (χ4n) is 0.902. The van der Waals surface area contributed by atoms with Crippen LogP contribution in [0.5, 0.6) is 0 Å². The quantitative estimate of drug-likeness (QED) is 0.554. The summed E-state index contributed by atoms with van der Waals surface area (Å²) in [6.07, 6.45) is 0. The van der Waals surface area contributed by atoms with Crippen LogP contribution in [-0.4, -0.2) is 43.6 Å². The van der Waals surface area contributed by atoms with E-state index >= 15 is 0 Å². The van der Waals surface area contributed by atoms with Gasteiger partial charge in [0.05, 0.1) is 12.6 Å². The third kappa shape index (κ3) is 6.08. The van der Waals surface area contributed by atoms with E-state index in [4.69, 9.17) is 0 Å². The maximum Gasteiger partial charge on any atom is 0.0892 e. The van der Waals surface area contributed by atoms with Gasteiger partial charge in [-0.25, -0.2) is 9.98 Å². The van der Waals surface area contributed by atoms with E-state index < -0.39 is 0 Å². The predicted octanol–water partition coefficient (Wildman–Crippen LogP) is 1.52. The monoisotopic (exact) mass is 169 g/mol. The van der Waals surface area contributed by atoms with Gasteiger partial charge in [-0.05, 0) is 20.0 Å². The molecule has 0 aliphatic rings. The first-order valence-corrected chi connectivity index (χ1v) is 4.65. The zero-order valence-corrected chi connectivity index (χ0v) is 8.38. The second-order valence-corrected chi connectivity index (χ2v) is 2.48. The van der Waals surface area contributed by atoms with Crippen LogP contribution >= 0.6 is 0 Å². The van der Waals surface area contributed by atoms with Crippen LogP contribution in [0.3, 0.4) is 0 Å². The lowest BCUT2D eigenvalue weighted by atomic mass is 10.5. The Labute approximate surface area is 75.2 Å². The first kappa shape index (κ1) is 11.3. The van der Waals surface area contributed by atoms with Crippen LogP contribution in [0.25, 0.3) is 0 Å². The summed E-state index contributed by atoms with van der Waals surface area (Å²) in [5.74, 6) is 0. The van der Waals surface area contributed by atoms with Crippen LogP contribution < -0.4 is 0 Å². The van der Waals surface area contributed by atoms with Crippen molar-refractivity contribution in [2.75, 3.05) is 32.7 Å². The van der Waals surface area contributed by atoms with E-state index in [1.165, 1.54) is 0 Å². The smallest absolute Gasteiger partial charge is 0.0892 e. The van der Waals surface area contributed by atoms with E-state index in [2.05, 4.69) is 34.7 Å². The molecular formula is C9H19N3. The number of hydrogen-bond acceptors (Lipinski definition) is 3. The van der Waals surface area contributed by atoms with Crippen molar-refractivity contribution in [3.63, 3.8) is 0 Å². The molecule has 0 spiro atoms. The molecule has 70 valence electrons. The second-order valence-electron chi connectivity index (χ2n) is 2.48. The summed E-state index contributed by atoms with van der Waals surface area (Å²) >= 11 is 0. The van der Waals surface area contributed by atoms with Crippen molar-refractivity contribution in [1.29, 1.82) is 0 Å². The standard InChI is InChI=1S/C9H19N3/c1-4-10-9-11-7-8-12(5-2)6-3/h4-8H2,1-3H3. The third-order valence-corrected chi connectivity index (χ3v) is 1.72. The molecule has 0 atom stereocenters. The summed E-state index contributed by atoms with van der Waals surface area (Å²) in [4.78, 5) is 10.3. The van der Waals surface area contributed by atoms with Crippen LogP contribution in [0.4, 0.5) is 0 Å². The average molecular weight is 169 g/mol. The van der Waals surface area contributed by atoms with Gasteiger partial charge in [0.2, 0.25) is 0 Å². The molecule has 0 aromatic carbocycles. The number of hydrogen-bond donors (Lipinski definition) is 0. The highest BCUT2D eigenvalue weighted by atomic mass is 15.1. The van der Waals surface area contributed by atoms with Crippen molar-refractivity contribution in [2.45, 2.75) is 20.8 Å². The fourth-order valence-corrected chi connectivity index (χ4v) is 0.902. The molecule has 12 heavy (non-hydrogen) atoms. The molecular weight excluding hydrogens is 150 g/mol. The topological polar surface area (TPSA) is 28.0 Å². The summed E-state index contributed by atoms with van der Waals surface area (Å²) in [7, 11) is 0. The molecule has 0 saturated heterocycles. The summed E-state index contributed by atoms with van der Waals surface area (Å²) in [5.41, 5.74) is 0. The average Bonchev–Trinajstić information content (AvgIpc) is 2.11. The van der Waals surface area contributed by atoms with E-state index in [1.54, 1.807) is 0 Å². The molecule has 0 rings (SSSR count). The van der Waals surface area contributed by atoms with E-state index in [0.29, 0.717) is 0 Å². The van der Waals surface area contributed by atoms with Crippen molar-refractivity contribution in [1.82, 2.24) is 4.90 Å². The number of nitrogens with zero attached hydrogens (tertiary/aromatic N) is 3. The van der Waals surface area contributed by atoms with Crippen molar-refractivity contribution >= 4 is 6.01 Å². The number of rotatable bonds is 6. The highest BCUT2D eigenvalue weighted by Gasteiger charge is 1.94. The van der Waals surface area contributed by atoms with Gasteiger partial charge in [0.15, 0.2) is 0 Å². The normalized spacial score (nSPS) is 9.67. The molecule has 0 aromatic rings. The Hall–Kier alpha value is -0.660. The lowest BCUT2D eigenvalue weighted by molar-refractivity contribution is 0.313. The number of likely N-dealkylation sites (N-methyl/N-ethyl adjacent to an activating group) is 1. The van der Waals surface area contributed by atoms with Crippen molar-refractivity contribution in [3.8, 4) is 0 Å². The minimum atomic E-state index is 0.773. The zero-order valence-electron chi connectivity index (χ0n) is 8.38. The maximum atomic E-state index is 4.04. The van der Waals surface area contributed by atoms with Crippen LogP contribution in [0.1, 0.15) is 20.8 Å². The maximum absolute atomic E-state index is 4.04. The van der Waals surface area contributed by atoms with E-state index in [9.17, 15) is 0 Å². The molecule has 0 N–H and O–H groups in total. The Morgan fingerprint density at radius 3 is 2.25 bits per heavy atom. The largest absolute Gasteiger partial charge is 0.302 e. The van der Waals surface area contributed by atoms with Gasteiger partial charge in [0.25, 0.3) is 0 Å². The summed E-state index contributed by atoms with van der Waals surface area (Å²) in [5, 5.41) is 0. The van der Waals surface area contributed by atoms with Gasteiger partial charge in [-0.15, -0.1) is 0 Å². The van der Waals surface area contributed by atoms with Crippen LogP contribution in [0.2, 0.25) is 0 Å². The Balaban J connectivity index is 3.46. The Morgan fingerprint density at radius 2 is 1.75 bits per heavy atom. The number of aliphatic imine (C=N–C) groups is 2. The first-order valence-electron chi connectivity index (χ1n) is 4.65. The first-order chi connectivity index (χ1) is 5.85. The van der Waals surface area contributed by atoms with Gasteiger partial charge < -0.3 is 4.90 Å². The van der Waals surface area contributed by atoms with Gasteiger partial charge >= 0.3 is 0 Å².